The first-order chi connectivity index (χ1) is 9.36. The Bertz CT molecular complexity index is 528. The molecule has 0 amide bonds. The average Bonchev–Trinajstić information content (AvgIpc) is 3.19. The SMILES string of the molecule is CCCn1nc(CNC2CC2)c(-c2ccccc2)n1. The lowest BCUT2D eigenvalue weighted by Gasteiger charge is -2.01. The van der Waals surface area contributed by atoms with Crippen LogP contribution < -0.4 is 5.32 Å². The van der Waals surface area contributed by atoms with E-state index in [4.69, 9.17) is 0 Å². The maximum Gasteiger partial charge on any atom is 0.117 e. The molecule has 3 rings (SSSR count). The van der Waals surface area contributed by atoms with Crippen LogP contribution in [0.1, 0.15) is 31.9 Å². The summed E-state index contributed by atoms with van der Waals surface area (Å²) in [7, 11) is 0. The fraction of sp³-hybridized carbons (Fsp3) is 0.467. The first-order valence-corrected chi connectivity index (χ1v) is 7.09. The smallest absolute Gasteiger partial charge is 0.117 e. The molecule has 0 radical (unpaired) electrons. The Labute approximate surface area is 113 Å². The van der Waals surface area contributed by atoms with Gasteiger partial charge in [-0.15, -0.1) is 0 Å². The van der Waals surface area contributed by atoms with E-state index in [0.29, 0.717) is 6.04 Å². The van der Waals surface area contributed by atoms with Gasteiger partial charge in [0, 0.05) is 18.2 Å². The van der Waals surface area contributed by atoms with E-state index in [-0.39, 0.29) is 0 Å². The Morgan fingerprint density at radius 2 is 2.00 bits per heavy atom. The summed E-state index contributed by atoms with van der Waals surface area (Å²) in [4.78, 5) is 1.83. The van der Waals surface area contributed by atoms with Gasteiger partial charge in [-0.2, -0.15) is 15.0 Å². The highest BCUT2D eigenvalue weighted by Gasteiger charge is 2.22. The van der Waals surface area contributed by atoms with Gasteiger partial charge >= 0.3 is 0 Å². The van der Waals surface area contributed by atoms with Crippen molar-refractivity contribution in [3.05, 3.63) is 36.0 Å². The zero-order valence-corrected chi connectivity index (χ0v) is 11.3. The summed E-state index contributed by atoms with van der Waals surface area (Å²) >= 11 is 0. The first kappa shape index (κ1) is 12.4. The molecule has 0 spiro atoms. The molecule has 0 aliphatic heterocycles. The molecule has 1 aliphatic carbocycles. The summed E-state index contributed by atoms with van der Waals surface area (Å²) in [6.07, 6.45) is 3.64. The molecule has 100 valence electrons. The molecule has 1 aliphatic rings. The van der Waals surface area contributed by atoms with E-state index < -0.39 is 0 Å². The third-order valence-corrected chi connectivity index (χ3v) is 3.33. The zero-order chi connectivity index (χ0) is 13.1. The second-order valence-corrected chi connectivity index (χ2v) is 5.11. The van der Waals surface area contributed by atoms with Crippen molar-refractivity contribution in [2.24, 2.45) is 0 Å². The topological polar surface area (TPSA) is 42.7 Å². The molecule has 0 atom stereocenters. The number of hydrogen-bond donors (Lipinski definition) is 1. The van der Waals surface area contributed by atoms with E-state index in [1.165, 1.54) is 12.8 Å². The van der Waals surface area contributed by atoms with Crippen molar-refractivity contribution in [2.45, 2.75) is 45.3 Å². The molecule has 19 heavy (non-hydrogen) atoms. The monoisotopic (exact) mass is 256 g/mol. The molecule has 1 aromatic heterocycles. The van der Waals surface area contributed by atoms with Gasteiger partial charge in [-0.3, -0.25) is 0 Å². The Morgan fingerprint density at radius 1 is 1.21 bits per heavy atom. The van der Waals surface area contributed by atoms with Crippen LogP contribution in [0.4, 0.5) is 0 Å². The van der Waals surface area contributed by atoms with Crippen LogP contribution in [0.2, 0.25) is 0 Å². The molecule has 2 aromatic rings. The second-order valence-electron chi connectivity index (χ2n) is 5.11. The summed E-state index contributed by atoms with van der Waals surface area (Å²) in [6, 6.07) is 11.0. The highest BCUT2D eigenvalue weighted by molar-refractivity contribution is 5.60. The van der Waals surface area contributed by atoms with Gasteiger partial charge < -0.3 is 5.32 Å². The van der Waals surface area contributed by atoms with Crippen LogP contribution in [0.15, 0.2) is 30.3 Å². The first-order valence-electron chi connectivity index (χ1n) is 7.09. The normalized spacial score (nSPS) is 14.8. The minimum atomic E-state index is 0.694. The van der Waals surface area contributed by atoms with Crippen molar-refractivity contribution in [1.29, 1.82) is 0 Å². The lowest BCUT2D eigenvalue weighted by molar-refractivity contribution is 0.520. The highest BCUT2D eigenvalue weighted by atomic mass is 15.5. The Morgan fingerprint density at radius 3 is 2.68 bits per heavy atom. The number of hydrogen-bond acceptors (Lipinski definition) is 3. The predicted octanol–water partition coefficient (Wildman–Crippen LogP) is 2.61. The van der Waals surface area contributed by atoms with Crippen LogP contribution in [0.25, 0.3) is 11.3 Å². The van der Waals surface area contributed by atoms with Gasteiger partial charge in [0.15, 0.2) is 0 Å². The van der Waals surface area contributed by atoms with E-state index >= 15 is 0 Å². The Balaban J connectivity index is 1.86. The molecule has 4 heteroatoms. The van der Waals surface area contributed by atoms with Crippen LogP contribution in [0.3, 0.4) is 0 Å². The third kappa shape index (κ3) is 3.01. The average molecular weight is 256 g/mol. The fourth-order valence-electron chi connectivity index (χ4n) is 2.15. The molecule has 0 bridgehead atoms. The van der Waals surface area contributed by atoms with Gasteiger partial charge in [0.25, 0.3) is 0 Å². The number of aromatic nitrogens is 3. The van der Waals surface area contributed by atoms with Crippen molar-refractivity contribution in [3.8, 4) is 11.3 Å². The largest absolute Gasteiger partial charge is 0.308 e. The van der Waals surface area contributed by atoms with Gasteiger partial charge in [0.05, 0.1) is 6.54 Å². The molecular weight excluding hydrogens is 236 g/mol. The molecular formula is C15H20N4. The molecule has 1 aromatic carbocycles. The van der Waals surface area contributed by atoms with Crippen molar-refractivity contribution in [2.75, 3.05) is 0 Å². The lowest BCUT2D eigenvalue weighted by Crippen LogP contribution is -2.16. The minimum absolute atomic E-state index is 0.694. The van der Waals surface area contributed by atoms with Crippen LogP contribution in [-0.2, 0) is 13.1 Å². The van der Waals surface area contributed by atoms with Crippen molar-refractivity contribution in [3.63, 3.8) is 0 Å². The van der Waals surface area contributed by atoms with Gasteiger partial charge in [-0.1, -0.05) is 37.3 Å². The number of benzene rings is 1. The second kappa shape index (κ2) is 5.53. The van der Waals surface area contributed by atoms with E-state index in [2.05, 4.69) is 34.6 Å². The van der Waals surface area contributed by atoms with E-state index in [1.807, 2.05) is 23.0 Å². The van der Waals surface area contributed by atoms with Crippen LogP contribution in [0.5, 0.6) is 0 Å². The summed E-state index contributed by atoms with van der Waals surface area (Å²) in [6.45, 7) is 3.84. The summed E-state index contributed by atoms with van der Waals surface area (Å²) in [5, 5.41) is 12.8. The summed E-state index contributed by atoms with van der Waals surface area (Å²) in [5.74, 6) is 0. The Kier molecular flexibility index (Phi) is 3.60. The van der Waals surface area contributed by atoms with Gasteiger partial charge in [-0.05, 0) is 19.3 Å². The zero-order valence-electron chi connectivity index (χ0n) is 11.3. The van der Waals surface area contributed by atoms with E-state index in [9.17, 15) is 0 Å². The van der Waals surface area contributed by atoms with E-state index in [1.54, 1.807) is 0 Å². The van der Waals surface area contributed by atoms with Crippen molar-refractivity contribution < 1.29 is 0 Å². The number of nitrogens with one attached hydrogen (secondary N) is 1. The number of nitrogens with zero attached hydrogens (tertiary/aromatic N) is 3. The fourth-order valence-corrected chi connectivity index (χ4v) is 2.15. The van der Waals surface area contributed by atoms with Crippen LogP contribution in [0, 0.1) is 0 Å². The van der Waals surface area contributed by atoms with Gasteiger partial charge in [0.1, 0.15) is 11.4 Å². The molecule has 0 saturated heterocycles. The van der Waals surface area contributed by atoms with Gasteiger partial charge in [-0.25, -0.2) is 0 Å². The van der Waals surface area contributed by atoms with Crippen LogP contribution >= 0.6 is 0 Å². The lowest BCUT2D eigenvalue weighted by atomic mass is 10.1. The molecule has 1 heterocycles. The standard InChI is InChI=1S/C15H20N4/c1-2-10-19-17-14(11-16-13-8-9-13)15(18-19)12-6-4-3-5-7-12/h3-7,13,16H,2,8-11H2,1H3. The quantitative estimate of drug-likeness (QED) is 0.864. The minimum Gasteiger partial charge on any atom is -0.308 e. The molecule has 4 nitrogen and oxygen atoms in total. The number of rotatable bonds is 6. The molecule has 0 unspecified atom stereocenters. The Hall–Kier alpha value is -1.68. The molecule has 1 N–H and O–H groups in total. The van der Waals surface area contributed by atoms with Crippen LogP contribution in [-0.4, -0.2) is 21.0 Å². The van der Waals surface area contributed by atoms with Gasteiger partial charge in [0.2, 0.25) is 0 Å². The molecule has 1 saturated carbocycles. The highest BCUT2D eigenvalue weighted by Crippen LogP contribution is 2.23. The van der Waals surface area contributed by atoms with Crippen molar-refractivity contribution in [1.82, 2.24) is 20.3 Å². The maximum atomic E-state index is 4.63. The summed E-state index contributed by atoms with van der Waals surface area (Å²) in [5.41, 5.74) is 3.23. The van der Waals surface area contributed by atoms with E-state index in [0.717, 1.165) is 36.5 Å². The molecule has 1 fully saturated rings. The summed E-state index contributed by atoms with van der Waals surface area (Å²) < 4.78 is 0. The number of aryl methyl sites for hydroxylation is 1. The van der Waals surface area contributed by atoms with Crippen molar-refractivity contribution >= 4 is 0 Å². The third-order valence-electron chi connectivity index (χ3n) is 3.33. The maximum absolute atomic E-state index is 4.63. The predicted molar refractivity (Wildman–Crippen MR) is 75.6 cm³/mol.